The van der Waals surface area contributed by atoms with Crippen molar-refractivity contribution in [2.75, 3.05) is 24.7 Å². The van der Waals surface area contributed by atoms with E-state index in [2.05, 4.69) is 37.8 Å². The van der Waals surface area contributed by atoms with E-state index in [1.165, 1.54) is 5.56 Å². The first-order chi connectivity index (χ1) is 20.4. The SMILES string of the molecule is Cc1cc(CC(=O)Nc2cccc(-c3nn4ccccc4c3-c3ccnc(Nc4cccc(CN(C)C)c4)n3)c2)on1. The van der Waals surface area contributed by atoms with Crippen LogP contribution in [0.15, 0.2) is 95.8 Å². The molecule has 0 saturated carbocycles. The Bertz CT molecular complexity index is 1870. The number of aryl methyl sites for hydroxylation is 1. The van der Waals surface area contributed by atoms with Crippen LogP contribution in [-0.4, -0.2) is 49.6 Å². The van der Waals surface area contributed by atoms with E-state index in [1.54, 1.807) is 12.3 Å². The average molecular weight is 559 g/mol. The number of hydrogen-bond acceptors (Lipinski definition) is 8. The van der Waals surface area contributed by atoms with Gasteiger partial charge in [-0.05, 0) is 69.0 Å². The summed E-state index contributed by atoms with van der Waals surface area (Å²) in [4.78, 5) is 24.2. The Morgan fingerprint density at radius 3 is 2.67 bits per heavy atom. The zero-order valence-electron chi connectivity index (χ0n) is 23.6. The van der Waals surface area contributed by atoms with Crippen LogP contribution in [0.3, 0.4) is 0 Å². The Morgan fingerprint density at radius 2 is 1.83 bits per heavy atom. The van der Waals surface area contributed by atoms with Gasteiger partial charge in [0.05, 0.1) is 28.9 Å². The molecule has 210 valence electrons. The molecule has 0 aliphatic rings. The minimum absolute atomic E-state index is 0.0967. The number of rotatable bonds is 9. The van der Waals surface area contributed by atoms with Gasteiger partial charge in [-0.25, -0.2) is 14.5 Å². The van der Waals surface area contributed by atoms with Gasteiger partial charge >= 0.3 is 0 Å². The monoisotopic (exact) mass is 558 g/mol. The van der Waals surface area contributed by atoms with Gasteiger partial charge in [-0.1, -0.05) is 35.5 Å². The molecule has 0 bridgehead atoms. The van der Waals surface area contributed by atoms with Gasteiger partial charge in [-0.3, -0.25) is 4.79 Å². The highest BCUT2D eigenvalue weighted by atomic mass is 16.5. The van der Waals surface area contributed by atoms with Crippen LogP contribution in [0.4, 0.5) is 17.3 Å². The van der Waals surface area contributed by atoms with Crippen LogP contribution in [0.5, 0.6) is 0 Å². The fourth-order valence-corrected chi connectivity index (χ4v) is 4.86. The van der Waals surface area contributed by atoms with Crippen LogP contribution in [0.1, 0.15) is 17.0 Å². The highest BCUT2D eigenvalue weighted by molar-refractivity contribution is 5.95. The van der Waals surface area contributed by atoms with Gasteiger partial charge in [0.2, 0.25) is 11.9 Å². The Balaban J connectivity index is 1.32. The normalized spacial score (nSPS) is 11.2. The predicted octanol–water partition coefficient (Wildman–Crippen LogP) is 5.74. The molecule has 4 heterocycles. The van der Waals surface area contributed by atoms with E-state index < -0.39 is 0 Å². The van der Waals surface area contributed by atoms with Crippen LogP contribution in [0, 0.1) is 6.92 Å². The molecule has 42 heavy (non-hydrogen) atoms. The van der Waals surface area contributed by atoms with Gasteiger partial charge in [-0.15, -0.1) is 0 Å². The van der Waals surface area contributed by atoms with E-state index in [0.29, 0.717) is 17.4 Å². The van der Waals surface area contributed by atoms with Crippen molar-refractivity contribution in [2.45, 2.75) is 19.9 Å². The Hall–Kier alpha value is -5.35. The van der Waals surface area contributed by atoms with E-state index in [9.17, 15) is 4.79 Å². The number of benzene rings is 2. The third kappa shape index (κ3) is 6.03. The molecule has 6 aromatic rings. The molecule has 0 aliphatic carbocycles. The molecule has 0 aliphatic heterocycles. The summed E-state index contributed by atoms with van der Waals surface area (Å²) in [5.41, 5.74) is 7.56. The Morgan fingerprint density at radius 1 is 0.976 bits per heavy atom. The minimum atomic E-state index is -0.195. The molecular weight excluding hydrogens is 528 g/mol. The number of nitrogens with one attached hydrogen (secondary N) is 2. The summed E-state index contributed by atoms with van der Waals surface area (Å²) in [6.07, 6.45) is 3.75. The largest absolute Gasteiger partial charge is 0.361 e. The predicted molar refractivity (Wildman–Crippen MR) is 162 cm³/mol. The molecule has 0 atom stereocenters. The number of amides is 1. The molecule has 4 aromatic heterocycles. The van der Waals surface area contributed by atoms with Crippen LogP contribution >= 0.6 is 0 Å². The van der Waals surface area contributed by atoms with E-state index in [1.807, 2.05) is 92.4 Å². The summed E-state index contributed by atoms with van der Waals surface area (Å²) in [6, 6.07) is 25.4. The third-order valence-corrected chi connectivity index (χ3v) is 6.56. The zero-order chi connectivity index (χ0) is 29.1. The first-order valence-electron chi connectivity index (χ1n) is 13.6. The molecule has 6 rings (SSSR count). The van der Waals surface area contributed by atoms with Gasteiger partial charge < -0.3 is 20.1 Å². The molecule has 0 radical (unpaired) electrons. The van der Waals surface area contributed by atoms with Gasteiger partial charge in [-0.2, -0.15) is 5.10 Å². The summed E-state index contributed by atoms with van der Waals surface area (Å²) in [7, 11) is 4.09. The van der Waals surface area contributed by atoms with E-state index in [-0.39, 0.29) is 12.3 Å². The highest BCUT2D eigenvalue weighted by Gasteiger charge is 2.19. The van der Waals surface area contributed by atoms with Crippen molar-refractivity contribution in [2.24, 2.45) is 0 Å². The van der Waals surface area contributed by atoms with Crippen LogP contribution in [-0.2, 0) is 17.8 Å². The highest BCUT2D eigenvalue weighted by Crippen LogP contribution is 2.35. The van der Waals surface area contributed by atoms with Crippen LogP contribution in [0.25, 0.3) is 28.0 Å². The Labute approximate surface area is 243 Å². The second kappa shape index (κ2) is 11.6. The maximum absolute atomic E-state index is 12.7. The molecule has 0 fully saturated rings. The molecular formula is C32H30N8O2. The fourth-order valence-electron chi connectivity index (χ4n) is 4.86. The number of hydrogen-bond donors (Lipinski definition) is 2. The maximum atomic E-state index is 12.7. The lowest BCUT2D eigenvalue weighted by Gasteiger charge is -2.12. The number of carbonyl (C=O) groups excluding carboxylic acids is 1. The second-order valence-electron chi connectivity index (χ2n) is 10.3. The minimum Gasteiger partial charge on any atom is -0.361 e. The summed E-state index contributed by atoms with van der Waals surface area (Å²) in [5.74, 6) is 0.806. The van der Waals surface area contributed by atoms with Crippen molar-refractivity contribution in [1.82, 2.24) is 29.6 Å². The topological polar surface area (TPSA) is 113 Å². The summed E-state index contributed by atoms with van der Waals surface area (Å²) in [5, 5.41) is 15.1. The quantitative estimate of drug-likeness (QED) is 0.231. The molecule has 0 spiro atoms. The van der Waals surface area contributed by atoms with E-state index >= 15 is 0 Å². The lowest BCUT2D eigenvalue weighted by molar-refractivity contribution is -0.115. The summed E-state index contributed by atoms with van der Waals surface area (Å²) in [6.45, 7) is 2.66. The van der Waals surface area contributed by atoms with Gasteiger partial charge in [0.25, 0.3) is 0 Å². The number of pyridine rings is 1. The second-order valence-corrected chi connectivity index (χ2v) is 10.3. The average Bonchev–Trinajstić information content (AvgIpc) is 3.56. The summed E-state index contributed by atoms with van der Waals surface area (Å²) < 4.78 is 7.02. The number of nitrogens with zero attached hydrogens (tertiary/aromatic N) is 6. The van der Waals surface area contributed by atoms with Gasteiger partial charge in [0.1, 0.15) is 11.5 Å². The van der Waals surface area contributed by atoms with Crippen molar-refractivity contribution < 1.29 is 9.32 Å². The molecule has 0 unspecified atom stereocenters. The molecule has 10 nitrogen and oxygen atoms in total. The first kappa shape index (κ1) is 26.9. The van der Waals surface area contributed by atoms with Crippen LogP contribution < -0.4 is 10.6 Å². The molecule has 2 aromatic carbocycles. The molecule has 10 heteroatoms. The number of fused-ring (bicyclic) bond motifs is 1. The van der Waals surface area contributed by atoms with Crippen molar-refractivity contribution in [3.05, 3.63) is 108 Å². The molecule has 1 amide bonds. The van der Waals surface area contributed by atoms with Crippen molar-refractivity contribution >= 4 is 28.7 Å². The number of carbonyl (C=O) groups is 1. The van der Waals surface area contributed by atoms with Gasteiger partial charge in [0, 0.05) is 41.9 Å². The van der Waals surface area contributed by atoms with Crippen molar-refractivity contribution in [3.63, 3.8) is 0 Å². The fraction of sp³-hybridized carbons (Fsp3) is 0.156. The first-order valence-corrected chi connectivity index (χ1v) is 13.6. The maximum Gasteiger partial charge on any atom is 0.232 e. The van der Waals surface area contributed by atoms with Crippen molar-refractivity contribution in [1.29, 1.82) is 0 Å². The lowest BCUT2D eigenvalue weighted by atomic mass is 10.0. The standard InChI is InChI=1S/C32H30N8O2/c1-21-16-26(42-38-21)19-29(41)34-25-11-7-9-23(18-25)31-30(28-12-4-5-15-40(28)37-31)27-13-14-33-32(36-27)35-24-10-6-8-22(17-24)20-39(2)3/h4-18H,19-20H2,1-3H3,(H,34,41)(H,33,35,36). The third-order valence-electron chi connectivity index (χ3n) is 6.56. The van der Waals surface area contributed by atoms with Crippen LogP contribution in [0.2, 0.25) is 0 Å². The Kier molecular flexibility index (Phi) is 7.44. The lowest BCUT2D eigenvalue weighted by Crippen LogP contribution is -2.14. The summed E-state index contributed by atoms with van der Waals surface area (Å²) >= 11 is 0. The van der Waals surface area contributed by atoms with Gasteiger partial charge in [0.15, 0.2) is 0 Å². The van der Waals surface area contributed by atoms with E-state index in [4.69, 9.17) is 14.6 Å². The zero-order valence-corrected chi connectivity index (χ0v) is 23.6. The molecule has 2 N–H and O–H groups in total. The smallest absolute Gasteiger partial charge is 0.232 e. The van der Waals surface area contributed by atoms with E-state index in [0.717, 1.165) is 46.0 Å². The molecule has 0 saturated heterocycles. The number of aromatic nitrogens is 5. The van der Waals surface area contributed by atoms with Crippen molar-refractivity contribution in [3.8, 4) is 22.5 Å². The number of anilines is 3.